The molecule has 11 heteroatoms. The second-order valence-corrected chi connectivity index (χ2v) is 10.4. The van der Waals surface area contributed by atoms with Gasteiger partial charge >= 0.3 is 5.97 Å². The van der Waals surface area contributed by atoms with Crippen LogP contribution in [-0.4, -0.2) is 52.5 Å². The Morgan fingerprint density at radius 3 is 2.19 bits per heavy atom. The van der Waals surface area contributed by atoms with Gasteiger partial charge in [-0.2, -0.15) is 4.31 Å². The topological polar surface area (TPSA) is 111 Å². The summed E-state index contributed by atoms with van der Waals surface area (Å²) in [6, 6.07) is 15.8. The first-order valence-corrected chi connectivity index (χ1v) is 12.9. The number of aryl methyl sites for hydroxylation is 1. The van der Waals surface area contributed by atoms with Crippen LogP contribution in [0.1, 0.15) is 21.5 Å². The molecule has 0 aliphatic heterocycles. The minimum absolute atomic E-state index is 0.0132. The Morgan fingerprint density at radius 2 is 1.59 bits per heavy atom. The number of rotatable bonds is 10. The Hall–Kier alpha value is -3.60. The number of amides is 1. The van der Waals surface area contributed by atoms with Gasteiger partial charge in [0.1, 0.15) is 0 Å². The SMILES string of the molecule is COC(=O)c1cc(OC)c(OC)cc1NC(=O)CN(Cc1cccc(C)c1)S(=O)(=O)c1ccc(Cl)cc1. The fourth-order valence-corrected chi connectivity index (χ4v) is 5.12. The normalized spacial score (nSPS) is 11.2. The van der Waals surface area contributed by atoms with E-state index in [-0.39, 0.29) is 34.2 Å². The number of hydrogen-bond donors (Lipinski definition) is 1. The van der Waals surface area contributed by atoms with Crippen molar-refractivity contribution in [3.05, 3.63) is 82.4 Å². The maximum Gasteiger partial charge on any atom is 0.340 e. The van der Waals surface area contributed by atoms with Gasteiger partial charge in [-0.3, -0.25) is 4.79 Å². The van der Waals surface area contributed by atoms with E-state index >= 15 is 0 Å². The molecule has 3 rings (SSSR count). The molecule has 3 aromatic carbocycles. The van der Waals surface area contributed by atoms with Crippen molar-refractivity contribution in [2.45, 2.75) is 18.4 Å². The highest BCUT2D eigenvalue weighted by atomic mass is 35.5. The lowest BCUT2D eigenvalue weighted by molar-refractivity contribution is -0.116. The van der Waals surface area contributed by atoms with E-state index in [1.807, 2.05) is 25.1 Å². The Kier molecular flexibility index (Phi) is 9.14. The molecule has 0 bridgehead atoms. The Balaban J connectivity index is 1.97. The first-order valence-electron chi connectivity index (χ1n) is 11.0. The summed E-state index contributed by atoms with van der Waals surface area (Å²) in [5.74, 6) is -0.882. The molecule has 0 unspecified atom stereocenters. The predicted octanol–water partition coefficient (Wildman–Crippen LogP) is 4.28. The van der Waals surface area contributed by atoms with Crippen LogP contribution in [0.2, 0.25) is 5.02 Å². The number of esters is 1. The van der Waals surface area contributed by atoms with Crippen LogP contribution in [0.4, 0.5) is 5.69 Å². The first-order chi connectivity index (χ1) is 17.6. The van der Waals surface area contributed by atoms with Gasteiger partial charge in [0.25, 0.3) is 0 Å². The third-order valence-corrected chi connectivity index (χ3v) is 7.47. The van der Waals surface area contributed by atoms with Gasteiger partial charge < -0.3 is 19.5 Å². The largest absolute Gasteiger partial charge is 0.493 e. The highest BCUT2D eigenvalue weighted by Crippen LogP contribution is 2.34. The van der Waals surface area contributed by atoms with Gasteiger partial charge in [-0.05, 0) is 36.8 Å². The summed E-state index contributed by atoms with van der Waals surface area (Å²) < 4.78 is 43.4. The summed E-state index contributed by atoms with van der Waals surface area (Å²) in [5.41, 5.74) is 1.73. The number of nitrogens with zero attached hydrogens (tertiary/aromatic N) is 1. The van der Waals surface area contributed by atoms with Crippen molar-refractivity contribution in [2.75, 3.05) is 33.2 Å². The lowest BCUT2D eigenvalue weighted by Crippen LogP contribution is -2.37. The number of methoxy groups -OCH3 is 3. The number of halogens is 1. The van der Waals surface area contributed by atoms with Crippen LogP contribution >= 0.6 is 11.6 Å². The van der Waals surface area contributed by atoms with Crippen LogP contribution < -0.4 is 14.8 Å². The summed E-state index contributed by atoms with van der Waals surface area (Å²) >= 11 is 5.93. The molecule has 0 fully saturated rings. The maximum absolute atomic E-state index is 13.5. The van der Waals surface area contributed by atoms with E-state index in [9.17, 15) is 18.0 Å². The third kappa shape index (κ3) is 6.79. The van der Waals surface area contributed by atoms with E-state index in [4.69, 9.17) is 25.8 Å². The molecular weight excluding hydrogens is 520 g/mol. The highest BCUT2D eigenvalue weighted by Gasteiger charge is 2.28. The molecule has 0 saturated heterocycles. The van der Waals surface area contributed by atoms with Crippen molar-refractivity contribution < 1.29 is 32.2 Å². The molecule has 196 valence electrons. The summed E-state index contributed by atoms with van der Waals surface area (Å²) in [6.07, 6.45) is 0. The number of carbonyl (C=O) groups is 2. The number of ether oxygens (including phenoxy) is 3. The predicted molar refractivity (Wildman–Crippen MR) is 140 cm³/mol. The van der Waals surface area contributed by atoms with Crippen LogP contribution in [-0.2, 0) is 26.1 Å². The molecule has 0 atom stereocenters. The van der Waals surface area contributed by atoms with Crippen molar-refractivity contribution in [2.24, 2.45) is 0 Å². The quantitative estimate of drug-likeness (QED) is 0.378. The number of benzene rings is 3. The third-order valence-electron chi connectivity index (χ3n) is 5.42. The van der Waals surface area contributed by atoms with Gasteiger partial charge in [-0.1, -0.05) is 41.4 Å². The molecule has 0 saturated carbocycles. The highest BCUT2D eigenvalue weighted by molar-refractivity contribution is 7.89. The van der Waals surface area contributed by atoms with Gasteiger partial charge in [-0.15, -0.1) is 0 Å². The fraction of sp³-hybridized carbons (Fsp3) is 0.231. The zero-order valence-corrected chi connectivity index (χ0v) is 22.4. The second-order valence-electron chi connectivity index (χ2n) is 8.01. The van der Waals surface area contributed by atoms with Gasteiger partial charge in [0.15, 0.2) is 11.5 Å². The van der Waals surface area contributed by atoms with Crippen molar-refractivity contribution in [3.8, 4) is 11.5 Å². The van der Waals surface area contributed by atoms with Crippen molar-refractivity contribution in [3.63, 3.8) is 0 Å². The molecule has 0 aromatic heterocycles. The molecule has 1 amide bonds. The lowest BCUT2D eigenvalue weighted by Gasteiger charge is -2.23. The number of sulfonamides is 1. The zero-order valence-electron chi connectivity index (χ0n) is 20.8. The molecular formula is C26H27ClN2O7S. The molecule has 0 spiro atoms. The second kappa shape index (κ2) is 12.1. The number of carbonyl (C=O) groups excluding carboxylic acids is 2. The van der Waals surface area contributed by atoms with E-state index in [0.29, 0.717) is 10.6 Å². The van der Waals surface area contributed by atoms with Gasteiger partial charge in [-0.25, -0.2) is 13.2 Å². The minimum atomic E-state index is -4.09. The molecule has 0 aliphatic rings. The van der Waals surface area contributed by atoms with Gasteiger partial charge in [0.2, 0.25) is 15.9 Å². The number of nitrogens with one attached hydrogen (secondary N) is 1. The summed E-state index contributed by atoms with van der Waals surface area (Å²) in [5, 5.41) is 2.99. The van der Waals surface area contributed by atoms with Crippen LogP contribution in [0.15, 0.2) is 65.6 Å². The van der Waals surface area contributed by atoms with Crippen molar-refractivity contribution in [1.29, 1.82) is 0 Å². The van der Waals surface area contributed by atoms with E-state index in [0.717, 1.165) is 9.87 Å². The number of anilines is 1. The molecule has 0 heterocycles. The van der Waals surface area contributed by atoms with Crippen LogP contribution in [0, 0.1) is 6.92 Å². The van der Waals surface area contributed by atoms with Crippen LogP contribution in [0.3, 0.4) is 0 Å². The maximum atomic E-state index is 13.5. The average Bonchev–Trinajstić information content (AvgIpc) is 2.87. The molecule has 3 aromatic rings. The van der Waals surface area contributed by atoms with Gasteiger partial charge in [0, 0.05) is 23.7 Å². The van der Waals surface area contributed by atoms with E-state index in [1.165, 1.54) is 57.7 Å². The Labute approximate surface area is 221 Å². The Morgan fingerprint density at radius 1 is 0.946 bits per heavy atom. The average molecular weight is 547 g/mol. The zero-order chi connectivity index (χ0) is 27.2. The van der Waals surface area contributed by atoms with Crippen LogP contribution in [0.25, 0.3) is 0 Å². The Bertz CT molecular complexity index is 1390. The summed E-state index contributed by atoms with van der Waals surface area (Å²) in [6.45, 7) is 1.29. The number of hydrogen-bond acceptors (Lipinski definition) is 7. The van der Waals surface area contributed by atoms with Crippen molar-refractivity contribution >= 4 is 39.2 Å². The van der Waals surface area contributed by atoms with Crippen LogP contribution in [0.5, 0.6) is 11.5 Å². The van der Waals surface area contributed by atoms with E-state index in [2.05, 4.69) is 5.32 Å². The molecule has 9 nitrogen and oxygen atoms in total. The van der Waals surface area contributed by atoms with Crippen molar-refractivity contribution in [1.82, 2.24) is 4.31 Å². The fourth-order valence-electron chi connectivity index (χ4n) is 3.61. The first kappa shape index (κ1) is 28.0. The summed E-state index contributed by atoms with van der Waals surface area (Å²) in [7, 11) is -0.0810. The van der Waals surface area contributed by atoms with E-state index in [1.54, 1.807) is 6.07 Å². The lowest BCUT2D eigenvalue weighted by atomic mass is 10.1. The monoisotopic (exact) mass is 546 g/mol. The van der Waals surface area contributed by atoms with E-state index < -0.39 is 28.4 Å². The molecule has 37 heavy (non-hydrogen) atoms. The summed E-state index contributed by atoms with van der Waals surface area (Å²) in [4.78, 5) is 25.5. The molecule has 0 aliphatic carbocycles. The molecule has 1 N–H and O–H groups in total. The smallest absolute Gasteiger partial charge is 0.340 e. The van der Waals surface area contributed by atoms with Gasteiger partial charge in [0.05, 0.1) is 44.0 Å². The molecule has 0 radical (unpaired) electrons. The minimum Gasteiger partial charge on any atom is -0.493 e. The standard InChI is InChI=1S/C26H27ClN2O7S/c1-17-6-5-7-18(12-17)15-29(37(32,33)20-10-8-19(27)9-11-20)16-25(30)28-22-14-24(35-3)23(34-2)13-21(22)26(31)36-4/h5-14H,15-16H2,1-4H3,(H,28,30).